The van der Waals surface area contributed by atoms with Crippen LogP contribution in [0, 0.1) is 0 Å². The monoisotopic (exact) mass is 281 g/mol. The Labute approximate surface area is 102 Å². The van der Waals surface area contributed by atoms with E-state index in [1.165, 1.54) is 0 Å². The predicted molar refractivity (Wildman–Crippen MR) is 66.5 cm³/mol. The van der Waals surface area contributed by atoms with Crippen LogP contribution in [0.3, 0.4) is 0 Å². The summed E-state index contributed by atoms with van der Waals surface area (Å²) in [6.45, 7) is 1.95. The van der Waals surface area contributed by atoms with Gasteiger partial charge in [0.2, 0.25) is 0 Å². The fraction of sp³-hybridized carbons (Fsp3) is 0.250. The Kier molecular flexibility index (Phi) is 3.29. The number of hydrogen-bond acceptors (Lipinski definition) is 2. The highest BCUT2D eigenvalue weighted by Gasteiger charge is 2.13. The highest BCUT2D eigenvalue weighted by Crippen LogP contribution is 2.33. The molecule has 0 fully saturated rings. The molecule has 0 unspecified atom stereocenters. The fourth-order valence-electron chi connectivity index (χ4n) is 1.55. The molecule has 2 aromatic rings. The molecule has 84 valence electrons. The van der Waals surface area contributed by atoms with E-state index in [1.807, 2.05) is 31.2 Å². The molecule has 1 heterocycles. The number of ether oxygens (including phenoxy) is 1. The summed E-state index contributed by atoms with van der Waals surface area (Å²) in [5.41, 5.74) is 0.952. The topological polar surface area (TPSA) is 42.1 Å². The molecule has 1 aromatic carbocycles. The molecule has 4 heteroatoms. The number of H-pyrrole nitrogens is 1. The van der Waals surface area contributed by atoms with E-state index in [2.05, 4.69) is 20.9 Å². The van der Waals surface area contributed by atoms with Crippen molar-refractivity contribution in [3.8, 4) is 5.75 Å². The number of hydrogen-bond donors (Lipinski definition) is 1. The number of aromatic nitrogens is 1. The molecule has 0 saturated carbocycles. The van der Waals surface area contributed by atoms with Gasteiger partial charge in [-0.3, -0.25) is 4.79 Å². The van der Waals surface area contributed by atoms with Crippen molar-refractivity contribution in [2.75, 3.05) is 0 Å². The van der Waals surface area contributed by atoms with E-state index in [1.54, 1.807) is 0 Å². The van der Waals surface area contributed by atoms with Gasteiger partial charge in [-0.25, -0.2) is 0 Å². The SMILES string of the molecule is CCCC(=O)Oc1c(Br)[nH]c2ccccc12. The number of nitrogens with one attached hydrogen (secondary N) is 1. The minimum absolute atomic E-state index is 0.201. The number of para-hydroxylation sites is 1. The number of halogens is 1. The van der Waals surface area contributed by atoms with Crippen LogP contribution in [0.15, 0.2) is 28.9 Å². The lowest BCUT2D eigenvalue weighted by Crippen LogP contribution is -2.06. The Morgan fingerprint density at radius 2 is 2.19 bits per heavy atom. The van der Waals surface area contributed by atoms with Gasteiger partial charge in [0, 0.05) is 11.8 Å². The summed E-state index contributed by atoms with van der Waals surface area (Å²) in [4.78, 5) is 14.6. The number of carbonyl (C=O) groups is 1. The van der Waals surface area contributed by atoms with Gasteiger partial charge in [-0.2, -0.15) is 0 Å². The zero-order valence-electron chi connectivity index (χ0n) is 8.92. The number of aromatic amines is 1. The molecule has 0 amide bonds. The van der Waals surface area contributed by atoms with E-state index in [4.69, 9.17) is 4.74 Å². The zero-order chi connectivity index (χ0) is 11.5. The molecule has 0 aliphatic heterocycles. The van der Waals surface area contributed by atoms with Crippen LogP contribution in [-0.2, 0) is 4.79 Å². The summed E-state index contributed by atoms with van der Waals surface area (Å²) < 4.78 is 6.03. The van der Waals surface area contributed by atoms with Crippen LogP contribution in [0.1, 0.15) is 19.8 Å². The van der Waals surface area contributed by atoms with Crippen molar-refractivity contribution in [2.45, 2.75) is 19.8 Å². The van der Waals surface area contributed by atoms with E-state index in [9.17, 15) is 4.79 Å². The van der Waals surface area contributed by atoms with Crippen molar-refractivity contribution in [1.29, 1.82) is 0 Å². The summed E-state index contributed by atoms with van der Waals surface area (Å²) in [7, 11) is 0. The van der Waals surface area contributed by atoms with Crippen LogP contribution in [0.5, 0.6) is 5.75 Å². The van der Waals surface area contributed by atoms with E-state index >= 15 is 0 Å². The van der Waals surface area contributed by atoms with Crippen molar-refractivity contribution in [3.63, 3.8) is 0 Å². The van der Waals surface area contributed by atoms with Gasteiger partial charge in [0.1, 0.15) is 4.60 Å². The molecule has 16 heavy (non-hydrogen) atoms. The quantitative estimate of drug-likeness (QED) is 0.873. The van der Waals surface area contributed by atoms with Crippen molar-refractivity contribution < 1.29 is 9.53 Å². The predicted octanol–water partition coefficient (Wildman–Crippen LogP) is 3.64. The molecule has 0 spiro atoms. The van der Waals surface area contributed by atoms with Gasteiger partial charge in [0.15, 0.2) is 5.75 Å². The van der Waals surface area contributed by atoms with Gasteiger partial charge in [-0.05, 0) is 34.5 Å². The Balaban J connectivity index is 2.36. The second-order valence-corrected chi connectivity index (χ2v) is 4.33. The van der Waals surface area contributed by atoms with Crippen molar-refractivity contribution in [2.24, 2.45) is 0 Å². The van der Waals surface area contributed by atoms with Crippen LogP contribution in [-0.4, -0.2) is 11.0 Å². The fourth-order valence-corrected chi connectivity index (χ4v) is 2.06. The molecule has 1 N–H and O–H groups in total. The number of esters is 1. The van der Waals surface area contributed by atoms with Gasteiger partial charge in [0.25, 0.3) is 0 Å². The molecule has 0 saturated heterocycles. The highest BCUT2D eigenvalue weighted by molar-refractivity contribution is 9.10. The van der Waals surface area contributed by atoms with Crippen LogP contribution in [0.2, 0.25) is 0 Å². The summed E-state index contributed by atoms with van der Waals surface area (Å²) >= 11 is 3.36. The normalized spacial score (nSPS) is 10.6. The molecular formula is C12H12BrNO2. The minimum atomic E-state index is -0.201. The van der Waals surface area contributed by atoms with Crippen molar-refractivity contribution in [3.05, 3.63) is 28.9 Å². The first kappa shape index (κ1) is 11.2. The van der Waals surface area contributed by atoms with Gasteiger partial charge in [-0.1, -0.05) is 19.1 Å². The molecule has 0 bridgehead atoms. The number of rotatable bonds is 3. The molecular weight excluding hydrogens is 270 g/mol. The maximum atomic E-state index is 11.4. The molecule has 0 radical (unpaired) electrons. The summed E-state index contributed by atoms with van der Waals surface area (Å²) in [6, 6.07) is 7.71. The van der Waals surface area contributed by atoms with E-state index in [-0.39, 0.29) is 5.97 Å². The van der Waals surface area contributed by atoms with Gasteiger partial charge >= 0.3 is 5.97 Å². The zero-order valence-corrected chi connectivity index (χ0v) is 10.5. The Hall–Kier alpha value is -1.29. The molecule has 3 nitrogen and oxygen atoms in total. The average molecular weight is 282 g/mol. The third-order valence-corrected chi connectivity index (χ3v) is 2.84. The van der Waals surface area contributed by atoms with E-state index in [0.717, 1.165) is 17.3 Å². The molecule has 1 aromatic heterocycles. The second-order valence-electron chi connectivity index (χ2n) is 3.54. The third kappa shape index (κ3) is 2.11. The van der Waals surface area contributed by atoms with Gasteiger partial charge < -0.3 is 9.72 Å². The summed E-state index contributed by atoms with van der Waals surface area (Å²) in [5, 5.41) is 0.916. The Morgan fingerprint density at radius 1 is 1.44 bits per heavy atom. The van der Waals surface area contributed by atoms with Crippen molar-refractivity contribution >= 4 is 32.8 Å². The molecule has 2 rings (SSSR count). The lowest BCUT2D eigenvalue weighted by Gasteiger charge is -2.02. The molecule has 0 atom stereocenters. The average Bonchev–Trinajstić information content (AvgIpc) is 2.56. The number of fused-ring (bicyclic) bond motifs is 1. The molecule has 0 aliphatic rings. The summed E-state index contributed by atoms with van der Waals surface area (Å²) in [6.07, 6.45) is 1.23. The highest BCUT2D eigenvalue weighted by atomic mass is 79.9. The second kappa shape index (κ2) is 4.70. The lowest BCUT2D eigenvalue weighted by atomic mass is 10.2. The summed E-state index contributed by atoms with van der Waals surface area (Å²) in [5.74, 6) is 0.377. The Bertz CT molecular complexity index is 519. The maximum Gasteiger partial charge on any atom is 0.311 e. The first-order chi connectivity index (χ1) is 7.72. The largest absolute Gasteiger partial charge is 0.423 e. The number of carbonyl (C=O) groups excluding carboxylic acids is 1. The van der Waals surface area contributed by atoms with Crippen molar-refractivity contribution in [1.82, 2.24) is 4.98 Å². The maximum absolute atomic E-state index is 11.4. The number of benzene rings is 1. The van der Waals surface area contributed by atoms with Gasteiger partial charge in [-0.15, -0.1) is 0 Å². The third-order valence-electron chi connectivity index (χ3n) is 2.29. The lowest BCUT2D eigenvalue weighted by molar-refractivity contribution is -0.134. The minimum Gasteiger partial charge on any atom is -0.423 e. The van der Waals surface area contributed by atoms with Crippen LogP contribution in [0.4, 0.5) is 0 Å². The first-order valence-corrected chi connectivity index (χ1v) is 5.98. The molecule has 0 aliphatic carbocycles. The van der Waals surface area contributed by atoms with Crippen LogP contribution in [0.25, 0.3) is 10.9 Å². The Morgan fingerprint density at radius 3 is 2.94 bits per heavy atom. The van der Waals surface area contributed by atoms with Crippen LogP contribution < -0.4 is 4.74 Å². The first-order valence-electron chi connectivity index (χ1n) is 5.19. The van der Waals surface area contributed by atoms with Gasteiger partial charge in [0.05, 0.1) is 5.52 Å². The van der Waals surface area contributed by atoms with E-state index < -0.39 is 0 Å². The van der Waals surface area contributed by atoms with E-state index in [0.29, 0.717) is 16.8 Å². The van der Waals surface area contributed by atoms with Crippen LogP contribution >= 0.6 is 15.9 Å². The standard InChI is InChI=1S/C12H12BrNO2/c1-2-5-10(15)16-11-8-6-3-4-7-9(8)14-12(11)13/h3-4,6-7,14H,2,5H2,1H3. The smallest absolute Gasteiger partial charge is 0.311 e.